The fourth-order valence-corrected chi connectivity index (χ4v) is 2.94. The zero-order chi connectivity index (χ0) is 16.5. The van der Waals surface area contributed by atoms with Gasteiger partial charge in [0.05, 0.1) is 5.52 Å². The van der Waals surface area contributed by atoms with Crippen molar-refractivity contribution in [1.29, 1.82) is 0 Å². The molecule has 6 nitrogen and oxygen atoms in total. The lowest BCUT2D eigenvalue weighted by molar-refractivity contribution is 0.818. The average Bonchev–Trinajstić information content (AvgIpc) is 3.10. The second-order valence-electron chi connectivity index (χ2n) is 5.71. The maximum Gasteiger partial charge on any atom is 0.257 e. The van der Waals surface area contributed by atoms with E-state index in [1.165, 1.54) is 5.56 Å². The van der Waals surface area contributed by atoms with Gasteiger partial charge in [0, 0.05) is 24.7 Å². The van der Waals surface area contributed by atoms with Gasteiger partial charge in [0.15, 0.2) is 0 Å². The van der Waals surface area contributed by atoms with Gasteiger partial charge >= 0.3 is 0 Å². The van der Waals surface area contributed by atoms with Crippen LogP contribution in [0.4, 0.5) is 11.5 Å². The standard InChI is InChI=1S/C18H18N6/c1-19-11-13-8-9-15-16(10-13)24-12-20-22-18(24)21-17(15)23(2)14-6-4-3-5-7-14/h3-10,12,19H,11H2,1-2H3. The van der Waals surface area contributed by atoms with E-state index < -0.39 is 0 Å². The van der Waals surface area contributed by atoms with Crippen LogP contribution in [-0.2, 0) is 6.54 Å². The Labute approximate surface area is 139 Å². The van der Waals surface area contributed by atoms with Gasteiger partial charge in [-0.25, -0.2) is 0 Å². The van der Waals surface area contributed by atoms with Gasteiger partial charge in [-0.05, 0) is 36.9 Å². The molecule has 2 heterocycles. The zero-order valence-corrected chi connectivity index (χ0v) is 13.6. The minimum atomic E-state index is 0.599. The first-order valence-corrected chi connectivity index (χ1v) is 7.83. The predicted molar refractivity (Wildman–Crippen MR) is 95.6 cm³/mol. The number of nitrogens with one attached hydrogen (secondary N) is 1. The molecule has 2 aromatic heterocycles. The van der Waals surface area contributed by atoms with Crippen molar-refractivity contribution < 1.29 is 0 Å². The number of benzene rings is 2. The fraction of sp³-hybridized carbons (Fsp3) is 0.167. The molecule has 0 amide bonds. The summed E-state index contributed by atoms with van der Waals surface area (Å²) in [5.41, 5.74) is 3.34. The van der Waals surface area contributed by atoms with Crippen LogP contribution in [-0.4, -0.2) is 33.7 Å². The van der Waals surface area contributed by atoms with E-state index in [0.29, 0.717) is 5.78 Å². The molecular weight excluding hydrogens is 300 g/mol. The summed E-state index contributed by atoms with van der Waals surface area (Å²) >= 11 is 0. The number of aromatic nitrogens is 4. The Hall–Kier alpha value is -2.99. The molecule has 0 aliphatic heterocycles. The minimum Gasteiger partial charge on any atom is -0.329 e. The number of nitrogens with zero attached hydrogens (tertiary/aromatic N) is 5. The molecule has 4 rings (SSSR count). The highest BCUT2D eigenvalue weighted by molar-refractivity contribution is 5.93. The van der Waals surface area contributed by atoms with Crippen LogP contribution >= 0.6 is 0 Å². The van der Waals surface area contributed by atoms with Crippen molar-refractivity contribution in [1.82, 2.24) is 24.9 Å². The molecule has 0 bridgehead atoms. The largest absolute Gasteiger partial charge is 0.329 e. The normalized spacial score (nSPS) is 11.2. The van der Waals surface area contributed by atoms with E-state index in [0.717, 1.165) is 29.0 Å². The number of anilines is 2. The SMILES string of the molecule is CNCc1ccc2c(N(C)c3ccccc3)nc3nncn3c2c1. The van der Waals surface area contributed by atoms with Crippen molar-refractivity contribution in [2.75, 3.05) is 19.0 Å². The monoisotopic (exact) mass is 318 g/mol. The maximum atomic E-state index is 4.71. The van der Waals surface area contributed by atoms with E-state index in [4.69, 9.17) is 4.98 Å². The predicted octanol–water partition coefficient (Wildman–Crippen LogP) is 2.76. The number of fused-ring (bicyclic) bond motifs is 3. The molecule has 0 fully saturated rings. The van der Waals surface area contributed by atoms with Crippen LogP contribution in [0, 0.1) is 0 Å². The van der Waals surface area contributed by atoms with Crippen molar-refractivity contribution in [3.63, 3.8) is 0 Å². The van der Waals surface area contributed by atoms with E-state index >= 15 is 0 Å². The van der Waals surface area contributed by atoms with Crippen LogP contribution in [0.2, 0.25) is 0 Å². The van der Waals surface area contributed by atoms with Crippen LogP contribution in [0.15, 0.2) is 54.9 Å². The van der Waals surface area contributed by atoms with E-state index in [9.17, 15) is 0 Å². The number of rotatable bonds is 4. The van der Waals surface area contributed by atoms with Gasteiger partial charge in [-0.15, -0.1) is 10.2 Å². The molecule has 2 aromatic carbocycles. The third-order valence-electron chi connectivity index (χ3n) is 4.14. The van der Waals surface area contributed by atoms with Gasteiger partial charge in [0.25, 0.3) is 5.78 Å². The summed E-state index contributed by atoms with van der Waals surface area (Å²) in [5, 5.41) is 12.4. The summed E-state index contributed by atoms with van der Waals surface area (Å²) in [6.07, 6.45) is 1.71. The molecule has 4 aromatic rings. The van der Waals surface area contributed by atoms with Gasteiger partial charge < -0.3 is 10.2 Å². The van der Waals surface area contributed by atoms with Crippen molar-refractivity contribution in [3.8, 4) is 0 Å². The Bertz CT molecular complexity index is 992. The fourth-order valence-electron chi connectivity index (χ4n) is 2.94. The molecule has 0 unspecified atom stereocenters. The highest BCUT2D eigenvalue weighted by Crippen LogP contribution is 2.30. The lowest BCUT2D eigenvalue weighted by Gasteiger charge is -2.20. The van der Waals surface area contributed by atoms with Crippen LogP contribution in [0.1, 0.15) is 5.56 Å². The molecule has 0 saturated heterocycles. The first-order valence-electron chi connectivity index (χ1n) is 7.83. The van der Waals surface area contributed by atoms with Gasteiger partial charge in [-0.2, -0.15) is 4.98 Å². The third-order valence-corrected chi connectivity index (χ3v) is 4.14. The van der Waals surface area contributed by atoms with E-state index in [1.807, 2.05) is 36.7 Å². The van der Waals surface area contributed by atoms with Crippen molar-refractivity contribution >= 4 is 28.2 Å². The molecule has 24 heavy (non-hydrogen) atoms. The molecule has 120 valence electrons. The summed E-state index contributed by atoms with van der Waals surface area (Å²) in [5.74, 6) is 1.47. The molecular formula is C18H18N6. The molecule has 0 atom stereocenters. The zero-order valence-electron chi connectivity index (χ0n) is 13.6. The Balaban J connectivity index is 1.97. The highest BCUT2D eigenvalue weighted by Gasteiger charge is 2.14. The maximum absolute atomic E-state index is 4.71. The van der Waals surface area contributed by atoms with Crippen LogP contribution in [0.3, 0.4) is 0 Å². The Morgan fingerprint density at radius 2 is 1.96 bits per heavy atom. The molecule has 1 N–H and O–H groups in total. The molecule has 0 radical (unpaired) electrons. The van der Waals surface area contributed by atoms with E-state index in [-0.39, 0.29) is 0 Å². The van der Waals surface area contributed by atoms with Crippen molar-refractivity contribution in [2.45, 2.75) is 6.54 Å². The molecule has 6 heteroatoms. The Morgan fingerprint density at radius 3 is 2.75 bits per heavy atom. The summed E-state index contributed by atoms with van der Waals surface area (Å²) in [6, 6.07) is 16.6. The van der Waals surface area contributed by atoms with Gasteiger partial charge in [0.1, 0.15) is 12.1 Å². The number of hydrogen-bond donors (Lipinski definition) is 1. The number of hydrogen-bond acceptors (Lipinski definition) is 5. The van der Waals surface area contributed by atoms with Crippen molar-refractivity contribution in [3.05, 3.63) is 60.4 Å². The van der Waals surface area contributed by atoms with Crippen molar-refractivity contribution in [2.24, 2.45) is 0 Å². The van der Waals surface area contributed by atoms with Gasteiger partial charge in [-0.1, -0.05) is 24.3 Å². The summed E-state index contributed by atoms with van der Waals surface area (Å²) < 4.78 is 1.93. The molecule has 0 spiro atoms. The summed E-state index contributed by atoms with van der Waals surface area (Å²) in [4.78, 5) is 6.79. The average molecular weight is 318 g/mol. The lowest BCUT2D eigenvalue weighted by Crippen LogP contribution is -2.13. The molecule has 0 aliphatic rings. The van der Waals surface area contributed by atoms with Crippen LogP contribution < -0.4 is 10.2 Å². The summed E-state index contributed by atoms with van der Waals surface area (Å²) in [7, 11) is 3.96. The minimum absolute atomic E-state index is 0.599. The first-order chi connectivity index (χ1) is 11.8. The highest BCUT2D eigenvalue weighted by atomic mass is 15.3. The Kier molecular flexibility index (Phi) is 3.59. The van der Waals surface area contributed by atoms with Crippen LogP contribution in [0.25, 0.3) is 16.7 Å². The van der Waals surface area contributed by atoms with Gasteiger partial charge in [-0.3, -0.25) is 4.40 Å². The summed E-state index contributed by atoms with van der Waals surface area (Å²) in [6.45, 7) is 0.811. The lowest BCUT2D eigenvalue weighted by atomic mass is 10.1. The second kappa shape index (κ2) is 5.90. The first kappa shape index (κ1) is 14.6. The van der Waals surface area contributed by atoms with E-state index in [2.05, 4.69) is 50.7 Å². The molecule has 0 aliphatic carbocycles. The third kappa shape index (κ3) is 2.37. The van der Waals surface area contributed by atoms with E-state index in [1.54, 1.807) is 6.33 Å². The quantitative estimate of drug-likeness (QED) is 0.627. The second-order valence-corrected chi connectivity index (χ2v) is 5.71. The number of para-hydroxylation sites is 1. The Morgan fingerprint density at radius 1 is 1.12 bits per heavy atom. The van der Waals surface area contributed by atoms with Gasteiger partial charge in [0.2, 0.25) is 0 Å². The van der Waals surface area contributed by atoms with Crippen LogP contribution in [0.5, 0.6) is 0 Å². The smallest absolute Gasteiger partial charge is 0.257 e. The molecule has 0 saturated carbocycles. The topological polar surface area (TPSA) is 58.3 Å².